The van der Waals surface area contributed by atoms with Crippen molar-refractivity contribution in [2.75, 3.05) is 19.0 Å². The topological polar surface area (TPSA) is 56.8 Å². The molecule has 3 rings (SSSR count). The van der Waals surface area contributed by atoms with Gasteiger partial charge in [0.1, 0.15) is 5.75 Å². The highest BCUT2D eigenvalue weighted by atomic mass is 19.3. The summed E-state index contributed by atoms with van der Waals surface area (Å²) in [5.41, 5.74) is 2.89. The van der Waals surface area contributed by atoms with E-state index in [1.807, 2.05) is 18.2 Å². The van der Waals surface area contributed by atoms with Gasteiger partial charge in [0, 0.05) is 11.8 Å². The van der Waals surface area contributed by atoms with Gasteiger partial charge in [-0.2, -0.15) is 8.78 Å². The maximum absolute atomic E-state index is 12.4. The zero-order valence-corrected chi connectivity index (χ0v) is 14.3. The van der Waals surface area contributed by atoms with Crippen LogP contribution in [0.25, 0.3) is 0 Å². The zero-order chi connectivity index (χ0) is 18.5. The van der Waals surface area contributed by atoms with Crippen molar-refractivity contribution in [3.63, 3.8) is 0 Å². The Morgan fingerprint density at radius 2 is 1.92 bits per heavy atom. The summed E-state index contributed by atoms with van der Waals surface area (Å²) in [5.74, 6) is 0.230. The molecule has 1 aliphatic carbocycles. The minimum atomic E-state index is -2.99. The number of halogens is 2. The van der Waals surface area contributed by atoms with Gasteiger partial charge < -0.3 is 19.5 Å². The Labute approximate surface area is 149 Å². The highest BCUT2D eigenvalue weighted by Crippen LogP contribution is 2.31. The van der Waals surface area contributed by atoms with Crippen molar-refractivity contribution in [2.24, 2.45) is 0 Å². The van der Waals surface area contributed by atoms with Crippen LogP contribution in [0.3, 0.4) is 0 Å². The molecule has 138 valence electrons. The molecule has 0 unspecified atom stereocenters. The van der Waals surface area contributed by atoms with Crippen LogP contribution in [-0.2, 0) is 17.6 Å². The first-order chi connectivity index (χ1) is 12.5. The first-order valence-electron chi connectivity index (χ1n) is 8.22. The lowest BCUT2D eigenvalue weighted by Gasteiger charge is -2.12. The molecule has 26 heavy (non-hydrogen) atoms. The van der Waals surface area contributed by atoms with E-state index in [1.54, 1.807) is 0 Å². The van der Waals surface area contributed by atoms with Crippen LogP contribution in [0.1, 0.15) is 17.5 Å². The van der Waals surface area contributed by atoms with E-state index in [0.29, 0.717) is 11.4 Å². The summed E-state index contributed by atoms with van der Waals surface area (Å²) >= 11 is 0. The number of alkyl halides is 2. The van der Waals surface area contributed by atoms with Crippen LogP contribution in [0.15, 0.2) is 36.4 Å². The minimum Gasteiger partial charge on any atom is -0.493 e. The Hall–Kier alpha value is -2.83. The molecule has 0 radical (unpaired) electrons. The lowest BCUT2D eigenvalue weighted by Crippen LogP contribution is -2.20. The van der Waals surface area contributed by atoms with Gasteiger partial charge in [-0.05, 0) is 54.7 Å². The second-order valence-electron chi connectivity index (χ2n) is 5.87. The van der Waals surface area contributed by atoms with E-state index in [-0.39, 0.29) is 18.1 Å². The highest BCUT2D eigenvalue weighted by Gasteiger charge is 2.14. The summed E-state index contributed by atoms with van der Waals surface area (Å²) in [6, 6.07) is 10.1. The number of hydrogen-bond acceptors (Lipinski definition) is 4. The summed E-state index contributed by atoms with van der Waals surface area (Å²) in [6.45, 7) is -3.17. The second kappa shape index (κ2) is 8.03. The molecule has 2 aromatic carbocycles. The van der Waals surface area contributed by atoms with Gasteiger partial charge in [0.25, 0.3) is 5.91 Å². The van der Waals surface area contributed by atoms with E-state index in [2.05, 4.69) is 10.1 Å². The van der Waals surface area contributed by atoms with E-state index in [0.717, 1.165) is 19.3 Å². The summed E-state index contributed by atoms with van der Waals surface area (Å²) < 4.78 is 39.8. The third-order valence-corrected chi connectivity index (χ3v) is 4.10. The summed E-state index contributed by atoms with van der Waals surface area (Å²) in [5, 5.41) is 2.59. The zero-order valence-electron chi connectivity index (χ0n) is 14.3. The summed E-state index contributed by atoms with van der Waals surface area (Å²) in [6.07, 6.45) is 3.24. The Kier molecular flexibility index (Phi) is 5.55. The lowest BCUT2D eigenvalue weighted by molar-refractivity contribution is -0.118. The predicted octanol–water partition coefficient (Wildman–Crippen LogP) is 3.80. The quantitative estimate of drug-likeness (QED) is 0.813. The third kappa shape index (κ3) is 4.41. The number of benzene rings is 2. The monoisotopic (exact) mass is 363 g/mol. The van der Waals surface area contributed by atoms with E-state index in [4.69, 9.17) is 9.47 Å². The molecule has 0 bridgehead atoms. The van der Waals surface area contributed by atoms with Crippen LogP contribution in [0.5, 0.6) is 17.2 Å². The number of anilines is 1. The Morgan fingerprint density at radius 1 is 1.12 bits per heavy atom. The number of aryl methyl sites for hydroxylation is 2. The maximum atomic E-state index is 12.4. The van der Waals surface area contributed by atoms with Gasteiger partial charge in [-0.15, -0.1) is 0 Å². The van der Waals surface area contributed by atoms with E-state index in [1.165, 1.54) is 36.4 Å². The van der Waals surface area contributed by atoms with Crippen molar-refractivity contribution in [3.8, 4) is 17.2 Å². The fourth-order valence-electron chi connectivity index (χ4n) is 2.93. The molecule has 0 atom stereocenters. The Morgan fingerprint density at radius 3 is 2.69 bits per heavy atom. The Bertz CT molecular complexity index is 795. The molecule has 0 saturated heterocycles. The number of amides is 1. The number of rotatable bonds is 7. The Balaban J connectivity index is 1.59. The van der Waals surface area contributed by atoms with Crippen LogP contribution in [0, 0.1) is 0 Å². The van der Waals surface area contributed by atoms with Crippen molar-refractivity contribution in [1.29, 1.82) is 0 Å². The van der Waals surface area contributed by atoms with Crippen LogP contribution in [0.4, 0.5) is 14.5 Å². The van der Waals surface area contributed by atoms with E-state index >= 15 is 0 Å². The molecule has 1 aliphatic rings. The first-order valence-corrected chi connectivity index (χ1v) is 8.22. The van der Waals surface area contributed by atoms with E-state index < -0.39 is 12.5 Å². The molecule has 0 fully saturated rings. The van der Waals surface area contributed by atoms with Crippen LogP contribution >= 0.6 is 0 Å². The van der Waals surface area contributed by atoms with Gasteiger partial charge in [0.15, 0.2) is 18.1 Å². The number of nitrogens with one attached hydrogen (secondary N) is 1. The molecule has 0 aliphatic heterocycles. The number of ether oxygens (including phenoxy) is 3. The first kappa shape index (κ1) is 18.0. The molecule has 2 aromatic rings. The molecule has 5 nitrogen and oxygen atoms in total. The molecular formula is C19H19F2NO4. The average Bonchev–Trinajstić information content (AvgIpc) is 3.07. The smallest absolute Gasteiger partial charge is 0.387 e. The minimum absolute atomic E-state index is 0.151. The van der Waals surface area contributed by atoms with Crippen molar-refractivity contribution in [3.05, 3.63) is 47.5 Å². The van der Waals surface area contributed by atoms with Gasteiger partial charge in [0.05, 0.1) is 7.11 Å². The maximum Gasteiger partial charge on any atom is 0.387 e. The fraction of sp³-hybridized carbons (Fsp3) is 0.316. The number of methoxy groups -OCH3 is 1. The van der Waals surface area contributed by atoms with Gasteiger partial charge in [-0.3, -0.25) is 4.79 Å². The van der Waals surface area contributed by atoms with Crippen LogP contribution in [0.2, 0.25) is 0 Å². The molecule has 7 heteroatoms. The van der Waals surface area contributed by atoms with E-state index in [9.17, 15) is 13.6 Å². The summed E-state index contributed by atoms with van der Waals surface area (Å²) in [4.78, 5) is 12.1. The largest absolute Gasteiger partial charge is 0.493 e. The summed E-state index contributed by atoms with van der Waals surface area (Å²) in [7, 11) is 1.34. The van der Waals surface area contributed by atoms with Crippen molar-refractivity contribution in [2.45, 2.75) is 25.9 Å². The van der Waals surface area contributed by atoms with Gasteiger partial charge in [-0.25, -0.2) is 0 Å². The number of carbonyl (C=O) groups excluding carboxylic acids is 1. The van der Waals surface area contributed by atoms with Crippen molar-refractivity contribution in [1.82, 2.24) is 0 Å². The normalized spacial score (nSPS) is 12.6. The van der Waals surface area contributed by atoms with Crippen molar-refractivity contribution >= 4 is 11.6 Å². The number of fused-ring (bicyclic) bond motifs is 1. The third-order valence-electron chi connectivity index (χ3n) is 4.10. The SMILES string of the molecule is COc1ccc(NC(=O)COc2ccc3c(c2)CCC3)cc1OC(F)F. The molecule has 0 heterocycles. The molecule has 1 N–H and O–H groups in total. The molecule has 0 aromatic heterocycles. The van der Waals surface area contributed by atoms with Crippen LogP contribution < -0.4 is 19.5 Å². The predicted molar refractivity (Wildman–Crippen MR) is 92.2 cm³/mol. The molecule has 0 spiro atoms. The van der Waals surface area contributed by atoms with Gasteiger partial charge in [-0.1, -0.05) is 6.07 Å². The number of carbonyl (C=O) groups is 1. The molecule has 0 saturated carbocycles. The standard InChI is InChI=1S/C19H19F2NO4/c1-24-16-8-6-14(10-17(16)26-19(20)21)22-18(23)11-25-15-7-5-12-3-2-4-13(12)9-15/h5-10,19H,2-4,11H2,1H3,(H,22,23). The lowest BCUT2D eigenvalue weighted by atomic mass is 10.1. The number of hydrogen-bond donors (Lipinski definition) is 1. The van der Waals surface area contributed by atoms with Gasteiger partial charge >= 0.3 is 6.61 Å². The second-order valence-corrected chi connectivity index (χ2v) is 5.87. The average molecular weight is 363 g/mol. The van der Waals surface area contributed by atoms with Gasteiger partial charge in [0.2, 0.25) is 0 Å². The molecule has 1 amide bonds. The van der Waals surface area contributed by atoms with Crippen LogP contribution in [-0.4, -0.2) is 26.2 Å². The highest BCUT2D eigenvalue weighted by molar-refractivity contribution is 5.92. The molecular weight excluding hydrogens is 344 g/mol. The fourth-order valence-corrected chi connectivity index (χ4v) is 2.93. The van der Waals surface area contributed by atoms with Crippen molar-refractivity contribution < 1.29 is 27.8 Å².